The van der Waals surface area contributed by atoms with Gasteiger partial charge in [0.25, 0.3) is 0 Å². The highest BCUT2D eigenvalue weighted by molar-refractivity contribution is 7.26. The Morgan fingerprint density at radius 3 is 0.957 bits per heavy atom. The minimum absolute atomic E-state index is 0.539. The number of nitrogens with zero attached hydrogens (tertiary/aromatic N) is 4. The summed E-state index contributed by atoms with van der Waals surface area (Å²) in [5, 5.41) is 30.4. The summed E-state index contributed by atoms with van der Waals surface area (Å²) in [6, 6.07) is 99.3. The molecule has 434 valence electrons. The molecule has 14 aromatic carbocycles. The van der Waals surface area contributed by atoms with Crippen LogP contribution in [0.2, 0.25) is 0 Å². The van der Waals surface area contributed by atoms with Gasteiger partial charge in [-0.1, -0.05) is 158 Å². The standard InChI is InChI=1S/C85H44N4O3S2/c86-45-58-75(46-33-41-73-56(43-46)48-17-7-15-31-71(48)93-73)83(87-59-25-9-1-19-50(59)77-62(87)35-38-68-80(77)53-22-4-12-28-65(53)90-68)85(89-61-27-11-3-21-52(61)79-64(89)37-40-70-82(79)55-24-6-14-30-67(55)92-70)84(76(58)47-34-42-74-57(44-47)49-18-8-16-32-72(49)94-74)88-60-26-10-2-20-51(60)78-63(88)36-39-69-81(78)54-23-5-13-29-66(54)91-69/h1-44H. The van der Waals surface area contributed by atoms with Gasteiger partial charge in [0, 0.05) is 116 Å². The molecule has 94 heavy (non-hydrogen) atoms. The molecular formula is C85H44N4O3S2. The molecule has 9 heteroatoms. The third-order valence-corrected chi connectivity index (χ3v) is 22.4. The van der Waals surface area contributed by atoms with Gasteiger partial charge in [-0.3, -0.25) is 0 Å². The Hall–Kier alpha value is -12.2. The van der Waals surface area contributed by atoms with Gasteiger partial charge >= 0.3 is 0 Å². The fourth-order valence-electron chi connectivity index (χ4n) is 16.3. The molecule has 8 aromatic heterocycles. The summed E-state index contributed by atoms with van der Waals surface area (Å²) in [5.41, 5.74) is 17.3. The Morgan fingerprint density at radius 2 is 0.574 bits per heavy atom. The van der Waals surface area contributed by atoms with Gasteiger partial charge in [0.2, 0.25) is 0 Å². The first kappa shape index (κ1) is 50.5. The van der Waals surface area contributed by atoms with Crippen molar-refractivity contribution >= 4 is 194 Å². The number of para-hydroxylation sites is 6. The Labute approximate surface area is 540 Å². The first-order chi connectivity index (χ1) is 46.6. The highest BCUT2D eigenvalue weighted by Gasteiger charge is 2.36. The van der Waals surface area contributed by atoms with Crippen LogP contribution in [0, 0.1) is 11.3 Å². The van der Waals surface area contributed by atoms with Gasteiger partial charge in [0.15, 0.2) is 0 Å². The molecule has 0 saturated carbocycles. The number of benzene rings is 14. The minimum atomic E-state index is 0.539. The van der Waals surface area contributed by atoms with E-state index >= 15 is 0 Å². The van der Waals surface area contributed by atoms with Crippen LogP contribution in [-0.4, -0.2) is 13.7 Å². The summed E-state index contributed by atoms with van der Waals surface area (Å²) in [6.07, 6.45) is 0. The van der Waals surface area contributed by atoms with Crippen LogP contribution in [0.5, 0.6) is 0 Å². The van der Waals surface area contributed by atoms with E-state index in [1.165, 1.54) is 29.6 Å². The number of hydrogen-bond donors (Lipinski definition) is 0. The lowest BCUT2D eigenvalue weighted by Gasteiger charge is -2.29. The SMILES string of the molecule is N#Cc1c(-c2ccc3sc4ccccc4c3c2)c(-n2c3ccccc3c3c4c(ccc32)oc2ccccc24)c(-n2c3ccccc3c3c4c(ccc32)oc2ccccc24)c(-n2c3ccccc3c3c4c(ccc32)oc2ccccc24)c1-c1ccc2sc3ccccc3c2c1. The van der Waals surface area contributed by atoms with Gasteiger partial charge in [-0.25, -0.2) is 0 Å². The van der Waals surface area contributed by atoms with Crippen molar-refractivity contribution in [3.05, 3.63) is 272 Å². The molecule has 0 saturated heterocycles. The maximum Gasteiger partial charge on any atom is 0.136 e. The highest BCUT2D eigenvalue weighted by Crippen LogP contribution is 2.55. The molecule has 22 rings (SSSR count). The molecular weight excluding hydrogens is 1190 g/mol. The first-order valence-electron chi connectivity index (χ1n) is 31.6. The van der Waals surface area contributed by atoms with Gasteiger partial charge in [0.1, 0.15) is 39.6 Å². The lowest BCUT2D eigenvalue weighted by Crippen LogP contribution is -2.14. The van der Waals surface area contributed by atoms with Crippen LogP contribution in [0.15, 0.2) is 280 Å². The molecule has 0 aliphatic carbocycles. The average molecular weight is 1230 g/mol. The molecule has 0 spiro atoms. The number of fused-ring (bicyclic) bond motifs is 27. The van der Waals surface area contributed by atoms with Gasteiger partial charge in [-0.2, -0.15) is 5.26 Å². The Balaban J connectivity index is 1.06. The second-order valence-corrected chi connectivity index (χ2v) is 26.9. The third kappa shape index (κ3) is 6.56. The molecule has 7 nitrogen and oxygen atoms in total. The van der Waals surface area contributed by atoms with Crippen LogP contribution in [0.1, 0.15) is 5.56 Å². The van der Waals surface area contributed by atoms with E-state index in [0.29, 0.717) is 5.56 Å². The van der Waals surface area contributed by atoms with Crippen LogP contribution in [-0.2, 0) is 0 Å². The minimum Gasteiger partial charge on any atom is -0.456 e. The topological polar surface area (TPSA) is 78.0 Å². The fraction of sp³-hybridized carbons (Fsp3) is 0. The van der Waals surface area contributed by atoms with Gasteiger partial charge < -0.3 is 27.0 Å². The summed E-state index contributed by atoms with van der Waals surface area (Å²) in [7, 11) is 0. The van der Waals surface area contributed by atoms with Crippen molar-refractivity contribution in [1.29, 1.82) is 5.26 Å². The molecule has 22 aromatic rings. The lowest BCUT2D eigenvalue weighted by atomic mass is 9.86. The van der Waals surface area contributed by atoms with Crippen LogP contribution in [0.4, 0.5) is 0 Å². The maximum atomic E-state index is 13.2. The van der Waals surface area contributed by atoms with Crippen LogP contribution >= 0.6 is 22.7 Å². The van der Waals surface area contributed by atoms with Gasteiger partial charge in [-0.05, 0) is 120 Å². The molecule has 8 heterocycles. The second-order valence-electron chi connectivity index (χ2n) is 24.8. The average Bonchev–Trinajstić information content (AvgIpc) is 1.48. The Bertz CT molecular complexity index is 6880. The number of furan rings is 3. The number of rotatable bonds is 5. The summed E-state index contributed by atoms with van der Waals surface area (Å²) >= 11 is 3.60. The van der Waals surface area contributed by atoms with E-state index in [4.69, 9.17) is 13.3 Å². The first-order valence-corrected chi connectivity index (χ1v) is 33.2. The van der Waals surface area contributed by atoms with Crippen molar-refractivity contribution in [3.63, 3.8) is 0 Å². The van der Waals surface area contributed by atoms with Gasteiger partial charge in [0.05, 0.1) is 55.7 Å². The molecule has 0 N–H and O–H groups in total. The van der Waals surface area contributed by atoms with Crippen molar-refractivity contribution < 1.29 is 13.3 Å². The van der Waals surface area contributed by atoms with E-state index in [9.17, 15) is 5.26 Å². The highest BCUT2D eigenvalue weighted by atomic mass is 32.1. The van der Waals surface area contributed by atoms with Crippen LogP contribution < -0.4 is 0 Å². The van der Waals surface area contributed by atoms with E-state index in [-0.39, 0.29) is 0 Å². The predicted molar refractivity (Wildman–Crippen MR) is 393 cm³/mol. The van der Waals surface area contributed by atoms with E-state index in [1.54, 1.807) is 22.7 Å². The molecule has 0 bridgehead atoms. The molecule has 0 unspecified atom stereocenters. The quantitative estimate of drug-likeness (QED) is 0.172. The molecule has 0 aliphatic rings. The second kappa shape index (κ2) is 18.5. The summed E-state index contributed by atoms with van der Waals surface area (Å²) < 4.78 is 32.7. The van der Waals surface area contributed by atoms with Crippen LogP contribution in [0.3, 0.4) is 0 Å². The lowest BCUT2D eigenvalue weighted by molar-refractivity contribution is 0.669. The van der Waals surface area contributed by atoms with E-state index in [1.807, 2.05) is 18.2 Å². The van der Waals surface area contributed by atoms with Crippen molar-refractivity contribution in [1.82, 2.24) is 13.7 Å². The monoisotopic (exact) mass is 1230 g/mol. The number of thiophene rings is 2. The smallest absolute Gasteiger partial charge is 0.136 e. The zero-order chi connectivity index (χ0) is 61.2. The Morgan fingerprint density at radius 1 is 0.255 bits per heavy atom. The normalized spacial score (nSPS) is 12.5. The number of hydrogen-bond acceptors (Lipinski definition) is 6. The molecule has 0 aliphatic heterocycles. The summed E-state index contributed by atoms with van der Waals surface area (Å²) in [4.78, 5) is 0. The predicted octanol–water partition coefficient (Wildman–Crippen LogP) is 24.6. The number of aromatic nitrogens is 3. The molecule has 0 atom stereocenters. The third-order valence-electron chi connectivity index (χ3n) is 20.1. The largest absolute Gasteiger partial charge is 0.456 e. The van der Waals surface area contributed by atoms with E-state index in [0.717, 1.165) is 181 Å². The van der Waals surface area contributed by atoms with Crippen molar-refractivity contribution in [2.45, 2.75) is 0 Å². The zero-order valence-corrected chi connectivity index (χ0v) is 51.4. The van der Waals surface area contributed by atoms with E-state index < -0.39 is 0 Å². The molecule has 0 amide bonds. The summed E-state index contributed by atoms with van der Waals surface area (Å²) in [6.45, 7) is 0. The van der Waals surface area contributed by atoms with Crippen molar-refractivity contribution in [2.24, 2.45) is 0 Å². The van der Waals surface area contributed by atoms with Gasteiger partial charge in [-0.15, -0.1) is 22.7 Å². The zero-order valence-electron chi connectivity index (χ0n) is 49.7. The summed E-state index contributed by atoms with van der Waals surface area (Å²) in [5.74, 6) is 0. The molecule has 0 radical (unpaired) electrons. The van der Waals surface area contributed by atoms with E-state index in [2.05, 4.69) is 268 Å². The number of nitriles is 1. The van der Waals surface area contributed by atoms with Crippen LogP contribution in [0.25, 0.3) is 211 Å². The van der Waals surface area contributed by atoms with Crippen molar-refractivity contribution in [2.75, 3.05) is 0 Å². The van der Waals surface area contributed by atoms with Crippen molar-refractivity contribution in [3.8, 4) is 45.4 Å². The maximum absolute atomic E-state index is 13.2. The molecule has 0 fully saturated rings. The Kier molecular flexibility index (Phi) is 9.95. The fourth-order valence-corrected chi connectivity index (χ4v) is 18.5.